The van der Waals surface area contributed by atoms with Gasteiger partial charge >= 0.3 is 0 Å². The lowest BCUT2D eigenvalue weighted by Gasteiger charge is -2.32. The topological polar surface area (TPSA) is 64.5 Å². The minimum Gasteiger partial charge on any atom is -0.459 e. The summed E-state index contributed by atoms with van der Waals surface area (Å²) in [5, 5.41) is 9.38. The highest BCUT2D eigenvalue weighted by atomic mass is 35.5. The molecule has 1 fully saturated rings. The summed E-state index contributed by atoms with van der Waals surface area (Å²) >= 11 is 7.77. The molecule has 0 N–H and O–H groups in total. The molecule has 136 valence electrons. The Morgan fingerprint density at radius 2 is 2.12 bits per heavy atom. The van der Waals surface area contributed by atoms with Crippen LogP contribution in [0.25, 0.3) is 11.7 Å². The number of thioether (sulfide) groups is 1. The Morgan fingerprint density at radius 1 is 1.19 bits per heavy atom. The van der Waals surface area contributed by atoms with E-state index in [0.29, 0.717) is 23.5 Å². The second kappa shape index (κ2) is 8.26. The van der Waals surface area contributed by atoms with E-state index in [1.54, 1.807) is 18.4 Å². The van der Waals surface area contributed by atoms with Crippen LogP contribution >= 0.6 is 23.4 Å². The molecule has 3 aromatic rings. The van der Waals surface area contributed by atoms with Gasteiger partial charge in [0, 0.05) is 30.4 Å². The van der Waals surface area contributed by atoms with Crippen LogP contribution < -0.4 is 0 Å². The smallest absolute Gasteiger partial charge is 0.284 e. The molecule has 2 aromatic heterocycles. The first-order valence-corrected chi connectivity index (χ1v) is 9.72. The molecule has 1 aromatic carbocycles. The van der Waals surface area contributed by atoms with E-state index < -0.39 is 0 Å². The molecular formula is C18H18ClN3O3S. The standard InChI is InChI=1S/C18H18ClN3O3S/c19-15-5-2-1-4-13(15)10-22-7-9-23-14(11-22)12-26-18-21-20-17(25-18)16-6-3-8-24-16/h1-6,8,14H,7,9-12H2/t14-/m0/s1. The highest BCUT2D eigenvalue weighted by Crippen LogP contribution is 2.25. The summed E-state index contributed by atoms with van der Waals surface area (Å²) in [6.45, 7) is 3.28. The third-order valence-corrected chi connectivity index (χ3v) is 5.42. The van der Waals surface area contributed by atoms with Crippen molar-refractivity contribution in [2.24, 2.45) is 0 Å². The molecule has 6 nitrogen and oxygen atoms in total. The molecule has 0 aliphatic carbocycles. The number of ether oxygens (including phenoxy) is 1. The zero-order chi connectivity index (χ0) is 17.8. The first kappa shape index (κ1) is 17.6. The number of morpholine rings is 1. The van der Waals surface area contributed by atoms with Crippen LogP contribution in [0.2, 0.25) is 5.02 Å². The fourth-order valence-electron chi connectivity index (χ4n) is 2.82. The maximum absolute atomic E-state index is 6.27. The van der Waals surface area contributed by atoms with Gasteiger partial charge in [0.2, 0.25) is 0 Å². The van der Waals surface area contributed by atoms with Crippen LogP contribution in [0, 0.1) is 0 Å². The third-order valence-electron chi connectivity index (χ3n) is 4.11. The van der Waals surface area contributed by atoms with E-state index in [1.807, 2.05) is 18.2 Å². The molecule has 4 rings (SSSR count). The maximum atomic E-state index is 6.27. The van der Waals surface area contributed by atoms with Crippen molar-refractivity contribution >= 4 is 23.4 Å². The molecule has 3 heterocycles. The van der Waals surface area contributed by atoms with Crippen LogP contribution in [0.5, 0.6) is 0 Å². The summed E-state index contributed by atoms with van der Waals surface area (Å²) in [6, 6.07) is 11.5. The Hall–Kier alpha value is -1.80. The molecule has 1 aliphatic heterocycles. The van der Waals surface area contributed by atoms with Crippen molar-refractivity contribution in [1.82, 2.24) is 15.1 Å². The van der Waals surface area contributed by atoms with Crippen molar-refractivity contribution in [3.63, 3.8) is 0 Å². The molecule has 0 spiro atoms. The van der Waals surface area contributed by atoms with Crippen LogP contribution in [0.3, 0.4) is 0 Å². The first-order chi connectivity index (χ1) is 12.8. The summed E-state index contributed by atoms with van der Waals surface area (Å²) in [5.41, 5.74) is 1.14. The summed E-state index contributed by atoms with van der Waals surface area (Å²) in [5.74, 6) is 1.71. The minimum absolute atomic E-state index is 0.107. The molecule has 1 aliphatic rings. The van der Waals surface area contributed by atoms with Gasteiger partial charge in [-0.25, -0.2) is 0 Å². The van der Waals surface area contributed by atoms with Crippen LogP contribution in [0.4, 0.5) is 0 Å². The third kappa shape index (κ3) is 4.29. The first-order valence-electron chi connectivity index (χ1n) is 8.35. The fraction of sp³-hybridized carbons (Fsp3) is 0.333. The lowest BCUT2D eigenvalue weighted by atomic mass is 10.2. The summed E-state index contributed by atoms with van der Waals surface area (Å²) in [4.78, 5) is 2.36. The van der Waals surface area contributed by atoms with Crippen LogP contribution in [0.15, 0.2) is 56.7 Å². The Labute approximate surface area is 160 Å². The van der Waals surface area contributed by atoms with E-state index in [0.717, 1.165) is 36.0 Å². The quantitative estimate of drug-likeness (QED) is 0.589. The number of rotatable bonds is 6. The van der Waals surface area contributed by atoms with Crippen molar-refractivity contribution in [3.05, 3.63) is 53.2 Å². The van der Waals surface area contributed by atoms with Gasteiger partial charge in [-0.05, 0) is 23.8 Å². The summed E-state index contributed by atoms with van der Waals surface area (Å²) in [7, 11) is 0. The van der Waals surface area contributed by atoms with Crippen molar-refractivity contribution in [1.29, 1.82) is 0 Å². The average Bonchev–Trinajstić information content (AvgIpc) is 3.34. The normalized spacial score (nSPS) is 18.3. The van der Waals surface area contributed by atoms with Gasteiger partial charge in [0.25, 0.3) is 11.1 Å². The number of halogens is 1. The van der Waals surface area contributed by atoms with Gasteiger partial charge in [-0.2, -0.15) is 0 Å². The van der Waals surface area contributed by atoms with Gasteiger partial charge in [0.15, 0.2) is 5.76 Å². The Bertz CT molecular complexity index is 840. The van der Waals surface area contributed by atoms with E-state index in [1.165, 1.54) is 11.8 Å². The predicted molar refractivity (Wildman–Crippen MR) is 99.2 cm³/mol. The molecule has 0 bridgehead atoms. The number of hydrogen-bond acceptors (Lipinski definition) is 7. The van der Waals surface area contributed by atoms with Gasteiger partial charge in [-0.15, -0.1) is 10.2 Å². The number of nitrogens with zero attached hydrogens (tertiary/aromatic N) is 3. The maximum Gasteiger partial charge on any atom is 0.284 e. The molecule has 0 radical (unpaired) electrons. The number of furan rings is 1. The van der Waals surface area contributed by atoms with E-state index in [9.17, 15) is 0 Å². The van der Waals surface area contributed by atoms with Gasteiger partial charge < -0.3 is 13.6 Å². The van der Waals surface area contributed by atoms with E-state index in [-0.39, 0.29) is 6.10 Å². The Balaban J connectivity index is 1.30. The van der Waals surface area contributed by atoms with Crippen LogP contribution in [-0.2, 0) is 11.3 Å². The average molecular weight is 392 g/mol. The van der Waals surface area contributed by atoms with Crippen molar-refractivity contribution in [3.8, 4) is 11.7 Å². The molecular weight excluding hydrogens is 374 g/mol. The molecule has 1 atom stereocenters. The van der Waals surface area contributed by atoms with E-state index in [4.69, 9.17) is 25.2 Å². The second-order valence-electron chi connectivity index (χ2n) is 5.98. The number of benzene rings is 1. The van der Waals surface area contributed by atoms with Crippen LogP contribution in [0.1, 0.15) is 5.56 Å². The zero-order valence-electron chi connectivity index (χ0n) is 14.0. The largest absolute Gasteiger partial charge is 0.459 e. The number of aromatic nitrogens is 2. The lowest BCUT2D eigenvalue weighted by Crippen LogP contribution is -2.43. The lowest BCUT2D eigenvalue weighted by molar-refractivity contribution is -0.0187. The van der Waals surface area contributed by atoms with Gasteiger partial charge in [-0.1, -0.05) is 41.6 Å². The van der Waals surface area contributed by atoms with E-state index in [2.05, 4.69) is 21.2 Å². The van der Waals surface area contributed by atoms with E-state index >= 15 is 0 Å². The number of hydrogen-bond donors (Lipinski definition) is 0. The summed E-state index contributed by atoms with van der Waals surface area (Å²) in [6.07, 6.45) is 1.69. The minimum atomic E-state index is 0.107. The van der Waals surface area contributed by atoms with Gasteiger partial charge in [0.05, 0.1) is 19.0 Å². The molecule has 0 amide bonds. The van der Waals surface area contributed by atoms with Gasteiger partial charge in [-0.3, -0.25) is 4.90 Å². The monoisotopic (exact) mass is 391 g/mol. The molecule has 26 heavy (non-hydrogen) atoms. The predicted octanol–water partition coefficient (Wildman–Crippen LogP) is 3.98. The van der Waals surface area contributed by atoms with Gasteiger partial charge in [0.1, 0.15) is 0 Å². The fourth-order valence-corrected chi connectivity index (χ4v) is 3.79. The zero-order valence-corrected chi connectivity index (χ0v) is 15.6. The highest BCUT2D eigenvalue weighted by Gasteiger charge is 2.22. The molecule has 0 saturated carbocycles. The van der Waals surface area contributed by atoms with Crippen molar-refractivity contribution in [2.45, 2.75) is 17.9 Å². The highest BCUT2D eigenvalue weighted by molar-refractivity contribution is 7.99. The summed E-state index contributed by atoms with van der Waals surface area (Å²) < 4.78 is 16.8. The Kier molecular flexibility index (Phi) is 5.59. The molecule has 8 heteroatoms. The molecule has 0 unspecified atom stereocenters. The van der Waals surface area contributed by atoms with Crippen LogP contribution in [-0.4, -0.2) is 46.7 Å². The molecule has 1 saturated heterocycles. The second-order valence-corrected chi connectivity index (χ2v) is 7.36. The van der Waals surface area contributed by atoms with Crippen molar-refractivity contribution < 1.29 is 13.6 Å². The van der Waals surface area contributed by atoms with Crippen molar-refractivity contribution in [2.75, 3.05) is 25.4 Å². The SMILES string of the molecule is Clc1ccccc1CN1CCO[C@H](CSc2nnc(-c3ccco3)o2)C1. The Morgan fingerprint density at radius 3 is 2.96 bits per heavy atom.